The average Bonchev–Trinajstić information content (AvgIpc) is 2.28. The van der Waals surface area contributed by atoms with E-state index in [0.29, 0.717) is 0 Å². The number of nitrogens with zero attached hydrogens (tertiary/aromatic N) is 1. The highest BCUT2D eigenvalue weighted by Gasteiger charge is 2.02. The predicted molar refractivity (Wildman–Crippen MR) is 67.5 cm³/mol. The van der Waals surface area contributed by atoms with Gasteiger partial charge < -0.3 is 15.1 Å². The van der Waals surface area contributed by atoms with E-state index in [1.165, 1.54) is 0 Å². The van der Waals surface area contributed by atoms with E-state index in [1.54, 1.807) is 12.1 Å². The number of carboxylic acids is 1. The summed E-state index contributed by atoms with van der Waals surface area (Å²) in [6.45, 7) is 0.864. The molecule has 0 aromatic heterocycles. The highest BCUT2D eigenvalue weighted by Crippen LogP contribution is 2.19. The molecule has 0 saturated carbocycles. The van der Waals surface area contributed by atoms with Gasteiger partial charge in [0.1, 0.15) is 5.75 Å². The summed E-state index contributed by atoms with van der Waals surface area (Å²) in [4.78, 5) is 12.4. The zero-order valence-electron chi connectivity index (χ0n) is 10.1. The lowest BCUT2D eigenvalue weighted by molar-refractivity contribution is -0.137. The Bertz CT molecular complexity index is 365. The lowest BCUT2D eigenvalue weighted by atomic mass is 10.2. The number of anilines is 1. The Hall–Kier alpha value is -1.71. The summed E-state index contributed by atoms with van der Waals surface area (Å²) >= 11 is 0. The summed E-state index contributed by atoms with van der Waals surface area (Å²) in [5.41, 5.74) is 0.975. The summed E-state index contributed by atoms with van der Waals surface area (Å²) < 4.78 is 0. The van der Waals surface area contributed by atoms with E-state index in [1.807, 2.05) is 19.2 Å². The second-order valence-electron chi connectivity index (χ2n) is 4.15. The summed E-state index contributed by atoms with van der Waals surface area (Å²) in [6.07, 6.45) is 2.84. The van der Waals surface area contributed by atoms with Gasteiger partial charge in [0.25, 0.3) is 0 Å². The van der Waals surface area contributed by atoms with Crippen molar-refractivity contribution >= 4 is 11.7 Å². The monoisotopic (exact) mass is 237 g/mol. The Morgan fingerprint density at radius 1 is 1.29 bits per heavy atom. The summed E-state index contributed by atoms with van der Waals surface area (Å²) in [5, 5.41) is 17.8. The van der Waals surface area contributed by atoms with Crippen molar-refractivity contribution in [2.24, 2.45) is 0 Å². The van der Waals surface area contributed by atoms with Crippen LogP contribution in [-0.4, -0.2) is 29.8 Å². The van der Waals surface area contributed by atoms with Gasteiger partial charge in [0.2, 0.25) is 0 Å². The van der Waals surface area contributed by atoms with Crippen LogP contribution in [0.2, 0.25) is 0 Å². The molecule has 0 amide bonds. The van der Waals surface area contributed by atoms with E-state index < -0.39 is 5.97 Å². The molecule has 0 fully saturated rings. The normalized spacial score (nSPS) is 10.2. The van der Waals surface area contributed by atoms with Crippen molar-refractivity contribution in [3.63, 3.8) is 0 Å². The largest absolute Gasteiger partial charge is 0.508 e. The second-order valence-corrected chi connectivity index (χ2v) is 4.15. The van der Waals surface area contributed by atoms with Gasteiger partial charge in [0, 0.05) is 31.8 Å². The highest BCUT2D eigenvalue weighted by atomic mass is 16.4. The quantitative estimate of drug-likeness (QED) is 0.715. The maximum atomic E-state index is 10.3. The number of phenolic OH excluding ortho intramolecular Hbond substituents is 1. The van der Waals surface area contributed by atoms with Crippen molar-refractivity contribution in [2.75, 3.05) is 18.5 Å². The van der Waals surface area contributed by atoms with Gasteiger partial charge in [-0.3, -0.25) is 4.79 Å². The highest BCUT2D eigenvalue weighted by molar-refractivity contribution is 5.66. The van der Waals surface area contributed by atoms with Crippen LogP contribution in [0.1, 0.15) is 25.7 Å². The van der Waals surface area contributed by atoms with Gasteiger partial charge in [0.05, 0.1) is 0 Å². The van der Waals surface area contributed by atoms with Gasteiger partial charge in [-0.1, -0.05) is 12.5 Å². The molecule has 1 rings (SSSR count). The van der Waals surface area contributed by atoms with E-state index in [2.05, 4.69) is 4.90 Å². The number of hydrogen-bond acceptors (Lipinski definition) is 3. The SMILES string of the molecule is CN(CCCCCC(=O)O)c1cccc(O)c1. The molecule has 2 N–H and O–H groups in total. The van der Waals surface area contributed by atoms with Crippen LogP contribution >= 0.6 is 0 Å². The molecule has 0 radical (unpaired) electrons. The summed E-state index contributed by atoms with van der Waals surface area (Å²) in [6, 6.07) is 7.12. The number of aliphatic carboxylic acids is 1. The lowest BCUT2D eigenvalue weighted by Crippen LogP contribution is -2.18. The van der Waals surface area contributed by atoms with Gasteiger partial charge in [-0.15, -0.1) is 0 Å². The van der Waals surface area contributed by atoms with Crippen LogP contribution in [0, 0.1) is 0 Å². The maximum Gasteiger partial charge on any atom is 0.303 e. The van der Waals surface area contributed by atoms with E-state index in [-0.39, 0.29) is 12.2 Å². The van der Waals surface area contributed by atoms with Crippen LogP contribution in [-0.2, 0) is 4.79 Å². The summed E-state index contributed by atoms with van der Waals surface area (Å²) in [7, 11) is 1.96. The lowest BCUT2D eigenvalue weighted by Gasteiger charge is -2.19. The molecular weight excluding hydrogens is 218 g/mol. The minimum Gasteiger partial charge on any atom is -0.508 e. The fraction of sp³-hybridized carbons (Fsp3) is 0.462. The number of benzene rings is 1. The molecule has 0 aliphatic carbocycles. The van der Waals surface area contributed by atoms with Crippen LogP contribution in [0.4, 0.5) is 5.69 Å². The van der Waals surface area contributed by atoms with Crippen LogP contribution in [0.5, 0.6) is 5.75 Å². The number of hydrogen-bond donors (Lipinski definition) is 2. The fourth-order valence-corrected chi connectivity index (χ4v) is 1.66. The van der Waals surface area contributed by atoms with E-state index in [0.717, 1.165) is 31.5 Å². The van der Waals surface area contributed by atoms with Gasteiger partial charge in [-0.2, -0.15) is 0 Å². The van der Waals surface area contributed by atoms with Crippen LogP contribution in [0.3, 0.4) is 0 Å². The predicted octanol–water partition coefficient (Wildman–Crippen LogP) is 2.47. The Morgan fingerprint density at radius 3 is 2.71 bits per heavy atom. The smallest absolute Gasteiger partial charge is 0.303 e. The second kappa shape index (κ2) is 6.78. The number of carbonyl (C=O) groups is 1. The van der Waals surface area contributed by atoms with E-state index >= 15 is 0 Å². The molecule has 17 heavy (non-hydrogen) atoms. The van der Waals surface area contributed by atoms with Crippen LogP contribution < -0.4 is 4.90 Å². The first-order chi connectivity index (χ1) is 8.09. The molecule has 0 unspecified atom stereocenters. The Morgan fingerprint density at radius 2 is 2.06 bits per heavy atom. The van der Waals surface area contributed by atoms with Gasteiger partial charge >= 0.3 is 5.97 Å². The number of phenols is 1. The molecule has 0 aliphatic heterocycles. The van der Waals surface area contributed by atoms with Gasteiger partial charge in [-0.25, -0.2) is 0 Å². The number of aromatic hydroxyl groups is 1. The van der Waals surface area contributed by atoms with Crippen molar-refractivity contribution in [3.8, 4) is 5.75 Å². The Labute approximate surface area is 101 Å². The molecule has 4 heteroatoms. The molecule has 1 aromatic carbocycles. The first kappa shape index (κ1) is 13.4. The number of unbranched alkanes of at least 4 members (excludes halogenated alkanes) is 2. The average molecular weight is 237 g/mol. The zero-order chi connectivity index (χ0) is 12.7. The van der Waals surface area contributed by atoms with Crippen molar-refractivity contribution in [2.45, 2.75) is 25.7 Å². The van der Waals surface area contributed by atoms with Crippen molar-refractivity contribution in [1.82, 2.24) is 0 Å². The molecule has 0 spiro atoms. The first-order valence-corrected chi connectivity index (χ1v) is 5.81. The Kier molecular flexibility index (Phi) is 5.33. The topological polar surface area (TPSA) is 60.8 Å². The van der Waals surface area contributed by atoms with Crippen LogP contribution in [0.15, 0.2) is 24.3 Å². The first-order valence-electron chi connectivity index (χ1n) is 5.81. The molecule has 0 bridgehead atoms. The molecule has 0 saturated heterocycles. The molecular formula is C13H19NO3. The molecule has 0 heterocycles. The minimum absolute atomic E-state index is 0.246. The molecule has 0 aliphatic rings. The molecule has 0 atom stereocenters. The summed E-state index contributed by atoms with van der Waals surface area (Å²) in [5.74, 6) is -0.466. The standard InChI is InChI=1S/C13H19NO3/c1-14(9-4-2-3-8-13(16)17)11-6-5-7-12(15)10-11/h5-7,10,15H,2-4,8-9H2,1H3,(H,16,17). The van der Waals surface area contributed by atoms with Crippen LogP contribution in [0.25, 0.3) is 0 Å². The Balaban J connectivity index is 2.25. The van der Waals surface area contributed by atoms with Crippen molar-refractivity contribution in [3.05, 3.63) is 24.3 Å². The van der Waals surface area contributed by atoms with Gasteiger partial charge in [-0.05, 0) is 25.0 Å². The third-order valence-corrected chi connectivity index (χ3v) is 2.65. The molecule has 1 aromatic rings. The van der Waals surface area contributed by atoms with E-state index in [4.69, 9.17) is 5.11 Å². The third-order valence-electron chi connectivity index (χ3n) is 2.65. The molecule has 4 nitrogen and oxygen atoms in total. The maximum absolute atomic E-state index is 10.3. The fourth-order valence-electron chi connectivity index (χ4n) is 1.66. The number of rotatable bonds is 7. The van der Waals surface area contributed by atoms with E-state index in [9.17, 15) is 9.90 Å². The van der Waals surface area contributed by atoms with Gasteiger partial charge in [0.15, 0.2) is 0 Å². The third kappa shape index (κ3) is 5.24. The van der Waals surface area contributed by atoms with Crippen molar-refractivity contribution < 1.29 is 15.0 Å². The van der Waals surface area contributed by atoms with Crippen molar-refractivity contribution in [1.29, 1.82) is 0 Å². The zero-order valence-corrected chi connectivity index (χ0v) is 10.1. The molecule has 94 valence electrons. The number of carboxylic acid groups (broad SMARTS) is 1. The minimum atomic E-state index is -0.730.